The maximum atomic E-state index is 12.1. The number of rotatable bonds is 10. The Balaban J connectivity index is 1.83. The van der Waals surface area contributed by atoms with Crippen molar-refractivity contribution in [2.24, 2.45) is 5.10 Å². The molecule has 0 saturated heterocycles. The molecular formula is C20H23N3O4. The van der Waals surface area contributed by atoms with E-state index in [0.717, 1.165) is 18.6 Å². The third-order valence-corrected chi connectivity index (χ3v) is 3.84. The van der Waals surface area contributed by atoms with Gasteiger partial charge in [-0.05, 0) is 30.7 Å². The van der Waals surface area contributed by atoms with Gasteiger partial charge in [-0.2, -0.15) is 5.10 Å². The van der Waals surface area contributed by atoms with Gasteiger partial charge < -0.3 is 4.74 Å². The van der Waals surface area contributed by atoms with E-state index in [9.17, 15) is 14.9 Å². The number of amides is 1. The molecule has 1 amide bonds. The Hall–Kier alpha value is -3.22. The lowest BCUT2D eigenvalue weighted by Gasteiger charge is -2.06. The van der Waals surface area contributed by atoms with Gasteiger partial charge in [-0.25, -0.2) is 5.43 Å². The Morgan fingerprint density at radius 1 is 1.19 bits per heavy atom. The van der Waals surface area contributed by atoms with E-state index in [0.29, 0.717) is 17.7 Å². The van der Waals surface area contributed by atoms with Gasteiger partial charge >= 0.3 is 0 Å². The fourth-order valence-electron chi connectivity index (χ4n) is 2.37. The van der Waals surface area contributed by atoms with Crippen molar-refractivity contribution in [3.8, 4) is 5.75 Å². The highest BCUT2D eigenvalue weighted by atomic mass is 16.6. The van der Waals surface area contributed by atoms with Crippen molar-refractivity contribution in [1.82, 2.24) is 5.43 Å². The first-order chi connectivity index (χ1) is 13.1. The van der Waals surface area contributed by atoms with Crippen molar-refractivity contribution in [2.75, 3.05) is 6.61 Å². The Labute approximate surface area is 158 Å². The third kappa shape index (κ3) is 6.89. The Morgan fingerprint density at radius 3 is 2.67 bits per heavy atom. The zero-order valence-electron chi connectivity index (χ0n) is 15.3. The van der Waals surface area contributed by atoms with Gasteiger partial charge in [-0.3, -0.25) is 14.9 Å². The minimum atomic E-state index is -0.483. The van der Waals surface area contributed by atoms with E-state index in [2.05, 4.69) is 17.5 Å². The van der Waals surface area contributed by atoms with Crippen LogP contribution >= 0.6 is 0 Å². The number of hydrogen-bond acceptors (Lipinski definition) is 5. The average Bonchev–Trinajstić information content (AvgIpc) is 2.68. The summed E-state index contributed by atoms with van der Waals surface area (Å²) in [6.45, 7) is 2.83. The van der Waals surface area contributed by atoms with E-state index in [1.165, 1.54) is 31.2 Å². The van der Waals surface area contributed by atoms with Gasteiger partial charge in [0.15, 0.2) is 0 Å². The maximum absolute atomic E-state index is 12.1. The molecule has 0 radical (unpaired) electrons. The maximum Gasteiger partial charge on any atom is 0.271 e. The summed E-state index contributed by atoms with van der Waals surface area (Å²) in [7, 11) is 0. The SMILES string of the molecule is CCCCCCOc1ccc(C(=O)N/N=C/c2cccc([N+](=O)[O-])c2)cc1. The molecule has 0 heterocycles. The molecule has 0 saturated carbocycles. The summed E-state index contributed by atoms with van der Waals surface area (Å²) in [4.78, 5) is 22.3. The van der Waals surface area contributed by atoms with Crippen molar-refractivity contribution in [3.63, 3.8) is 0 Å². The van der Waals surface area contributed by atoms with E-state index < -0.39 is 4.92 Å². The predicted octanol–water partition coefficient (Wildman–Crippen LogP) is 4.32. The second-order valence-corrected chi connectivity index (χ2v) is 5.98. The molecule has 0 fully saturated rings. The molecule has 2 aromatic rings. The normalized spacial score (nSPS) is 10.7. The van der Waals surface area contributed by atoms with E-state index in [1.54, 1.807) is 36.4 Å². The van der Waals surface area contributed by atoms with Crippen LogP contribution in [0.3, 0.4) is 0 Å². The fourth-order valence-corrected chi connectivity index (χ4v) is 2.37. The molecule has 27 heavy (non-hydrogen) atoms. The fraction of sp³-hybridized carbons (Fsp3) is 0.300. The quantitative estimate of drug-likeness (QED) is 0.292. The number of nitro groups is 1. The molecule has 0 unspecified atom stereocenters. The molecule has 0 aromatic heterocycles. The van der Waals surface area contributed by atoms with Crippen molar-refractivity contribution < 1.29 is 14.5 Å². The van der Waals surface area contributed by atoms with E-state index in [1.807, 2.05) is 0 Å². The van der Waals surface area contributed by atoms with Crippen LogP contribution < -0.4 is 10.2 Å². The van der Waals surface area contributed by atoms with Crippen LogP contribution in [0.2, 0.25) is 0 Å². The summed E-state index contributed by atoms with van der Waals surface area (Å²) in [6, 6.07) is 12.8. The zero-order valence-corrected chi connectivity index (χ0v) is 15.3. The van der Waals surface area contributed by atoms with Crippen LogP contribution in [0.25, 0.3) is 0 Å². The van der Waals surface area contributed by atoms with Gasteiger partial charge in [-0.15, -0.1) is 0 Å². The molecule has 7 heteroatoms. The smallest absolute Gasteiger partial charge is 0.271 e. The average molecular weight is 369 g/mol. The number of benzene rings is 2. The number of nitro benzene ring substituents is 1. The molecule has 0 aliphatic heterocycles. The van der Waals surface area contributed by atoms with E-state index in [4.69, 9.17) is 4.74 Å². The lowest BCUT2D eigenvalue weighted by molar-refractivity contribution is -0.384. The Morgan fingerprint density at radius 2 is 1.96 bits per heavy atom. The largest absolute Gasteiger partial charge is 0.494 e. The van der Waals surface area contributed by atoms with Crippen LogP contribution in [0.4, 0.5) is 5.69 Å². The number of hydrogen-bond donors (Lipinski definition) is 1. The highest BCUT2D eigenvalue weighted by molar-refractivity contribution is 5.95. The topological polar surface area (TPSA) is 93.8 Å². The highest BCUT2D eigenvalue weighted by Crippen LogP contribution is 2.13. The summed E-state index contributed by atoms with van der Waals surface area (Å²) in [6.07, 6.45) is 5.92. The van der Waals surface area contributed by atoms with Crippen molar-refractivity contribution >= 4 is 17.8 Å². The second kappa shape index (κ2) is 10.7. The zero-order chi connectivity index (χ0) is 19.5. The molecule has 0 spiro atoms. The summed E-state index contributed by atoms with van der Waals surface area (Å²) in [5, 5.41) is 14.6. The van der Waals surface area contributed by atoms with Gasteiger partial charge in [0.25, 0.3) is 11.6 Å². The highest BCUT2D eigenvalue weighted by Gasteiger charge is 2.06. The van der Waals surface area contributed by atoms with Crippen LogP contribution in [0, 0.1) is 10.1 Å². The van der Waals surface area contributed by atoms with E-state index >= 15 is 0 Å². The molecule has 142 valence electrons. The van der Waals surface area contributed by atoms with E-state index in [-0.39, 0.29) is 11.6 Å². The molecule has 2 rings (SSSR count). The summed E-state index contributed by atoms with van der Waals surface area (Å²) in [5.74, 6) is 0.356. The number of non-ortho nitro benzene ring substituents is 1. The number of nitrogens with one attached hydrogen (secondary N) is 1. The summed E-state index contributed by atoms with van der Waals surface area (Å²) >= 11 is 0. The van der Waals surface area contributed by atoms with Crippen molar-refractivity contribution in [3.05, 3.63) is 69.8 Å². The number of hydrazone groups is 1. The van der Waals surface area contributed by atoms with Crippen molar-refractivity contribution in [1.29, 1.82) is 0 Å². The lowest BCUT2D eigenvalue weighted by Crippen LogP contribution is -2.17. The van der Waals surface area contributed by atoms with Gasteiger partial charge in [-0.1, -0.05) is 38.3 Å². The molecule has 0 bridgehead atoms. The number of carbonyl (C=O) groups is 1. The summed E-state index contributed by atoms with van der Waals surface area (Å²) in [5.41, 5.74) is 3.34. The molecular weight excluding hydrogens is 346 g/mol. The van der Waals surface area contributed by atoms with Gasteiger partial charge in [0, 0.05) is 23.3 Å². The first kappa shape index (κ1) is 20.1. The first-order valence-corrected chi connectivity index (χ1v) is 8.91. The monoisotopic (exact) mass is 369 g/mol. The minimum Gasteiger partial charge on any atom is -0.494 e. The molecule has 0 aliphatic carbocycles. The molecule has 2 aromatic carbocycles. The molecule has 0 aliphatic rings. The van der Waals surface area contributed by atoms with Crippen LogP contribution in [0.1, 0.15) is 48.5 Å². The molecule has 1 N–H and O–H groups in total. The lowest BCUT2D eigenvalue weighted by atomic mass is 10.2. The predicted molar refractivity (Wildman–Crippen MR) is 104 cm³/mol. The number of ether oxygens (including phenoxy) is 1. The van der Waals surface area contributed by atoms with Gasteiger partial charge in [0.05, 0.1) is 17.7 Å². The van der Waals surface area contributed by atoms with Gasteiger partial charge in [0.2, 0.25) is 0 Å². The molecule has 7 nitrogen and oxygen atoms in total. The second-order valence-electron chi connectivity index (χ2n) is 5.98. The minimum absolute atomic E-state index is 0.0319. The standard InChI is InChI=1S/C20H23N3O4/c1-2-3-4-5-13-27-19-11-9-17(10-12-19)20(24)22-21-15-16-7-6-8-18(14-16)23(25)26/h6-12,14-15H,2-5,13H2,1H3,(H,22,24)/b21-15+. The van der Waals surface area contributed by atoms with Crippen molar-refractivity contribution in [2.45, 2.75) is 32.6 Å². The Bertz CT molecular complexity index is 788. The number of carbonyl (C=O) groups excluding carboxylic acids is 1. The van der Waals surface area contributed by atoms with Crippen LogP contribution in [0.15, 0.2) is 53.6 Å². The van der Waals surface area contributed by atoms with Gasteiger partial charge in [0.1, 0.15) is 5.75 Å². The van der Waals surface area contributed by atoms with Crippen LogP contribution in [-0.4, -0.2) is 23.7 Å². The van der Waals surface area contributed by atoms with Crippen LogP contribution in [0.5, 0.6) is 5.75 Å². The Kier molecular flexibility index (Phi) is 7.96. The molecule has 0 atom stereocenters. The first-order valence-electron chi connectivity index (χ1n) is 8.91. The third-order valence-electron chi connectivity index (χ3n) is 3.84. The van der Waals surface area contributed by atoms with Crippen LogP contribution in [-0.2, 0) is 0 Å². The number of unbranched alkanes of at least 4 members (excludes halogenated alkanes) is 3. The number of nitrogens with zero attached hydrogens (tertiary/aromatic N) is 2. The summed E-state index contributed by atoms with van der Waals surface area (Å²) < 4.78 is 5.64.